The fourth-order valence-electron chi connectivity index (χ4n) is 1.74. The van der Waals surface area contributed by atoms with Crippen LogP contribution in [0.4, 0.5) is 5.82 Å². The molecule has 0 fully saturated rings. The molecular weight excluding hydrogens is 166 g/mol. The Bertz CT molecular complexity index is 362. The van der Waals surface area contributed by atoms with Gasteiger partial charge in [0.15, 0.2) is 0 Å². The number of carbonyl (C=O) groups excluding carboxylic acids is 1. The molecule has 4 heteroatoms. The van der Waals surface area contributed by atoms with Gasteiger partial charge in [-0.05, 0) is 12.8 Å². The Morgan fingerprint density at radius 1 is 1.54 bits per heavy atom. The van der Waals surface area contributed by atoms with Crippen LogP contribution in [0.5, 0.6) is 0 Å². The van der Waals surface area contributed by atoms with Gasteiger partial charge in [-0.15, -0.1) is 0 Å². The van der Waals surface area contributed by atoms with Gasteiger partial charge in [-0.3, -0.25) is 4.79 Å². The highest BCUT2D eigenvalue weighted by atomic mass is 16.1. The number of carbonyl (C=O) groups is 1. The van der Waals surface area contributed by atoms with E-state index in [9.17, 15) is 4.79 Å². The molecule has 1 unspecified atom stereocenters. The van der Waals surface area contributed by atoms with Crippen LogP contribution in [0, 0.1) is 6.92 Å². The molecule has 1 N–H and O–H groups in total. The third-order valence-electron chi connectivity index (χ3n) is 2.33. The number of nitrogens with zero attached hydrogens (tertiary/aromatic N) is 2. The molecule has 1 aromatic rings. The monoisotopic (exact) mass is 177 g/mol. The van der Waals surface area contributed by atoms with E-state index in [0.717, 1.165) is 11.3 Å². The molecule has 1 aliphatic rings. The summed E-state index contributed by atoms with van der Waals surface area (Å²) in [7, 11) is 0. The SMILES string of the molecule is Cc1ncnc2c1C(C)CC(=O)N2. The average molecular weight is 177 g/mol. The van der Waals surface area contributed by atoms with Gasteiger partial charge in [-0.25, -0.2) is 9.97 Å². The van der Waals surface area contributed by atoms with Gasteiger partial charge in [0.05, 0.1) is 0 Å². The smallest absolute Gasteiger partial charge is 0.226 e. The minimum atomic E-state index is 0.0399. The number of rotatable bonds is 0. The summed E-state index contributed by atoms with van der Waals surface area (Å²) in [6, 6.07) is 0. The summed E-state index contributed by atoms with van der Waals surface area (Å²) in [5.41, 5.74) is 2.03. The van der Waals surface area contributed by atoms with E-state index in [-0.39, 0.29) is 11.8 Å². The Morgan fingerprint density at radius 3 is 3.08 bits per heavy atom. The molecule has 2 heterocycles. The largest absolute Gasteiger partial charge is 0.310 e. The van der Waals surface area contributed by atoms with Crippen LogP contribution in [0.25, 0.3) is 0 Å². The standard InChI is InChI=1S/C9H11N3O/c1-5-3-7(13)12-9-8(5)6(2)10-4-11-9/h4-5H,3H2,1-2H3,(H,10,11,12,13). The number of amides is 1. The Morgan fingerprint density at radius 2 is 2.31 bits per heavy atom. The van der Waals surface area contributed by atoms with E-state index in [1.54, 1.807) is 0 Å². The molecule has 0 bridgehead atoms. The summed E-state index contributed by atoms with van der Waals surface area (Å²) >= 11 is 0. The van der Waals surface area contributed by atoms with Crippen molar-refractivity contribution in [3.8, 4) is 0 Å². The van der Waals surface area contributed by atoms with Crippen molar-refractivity contribution in [2.24, 2.45) is 0 Å². The van der Waals surface area contributed by atoms with Crippen molar-refractivity contribution < 1.29 is 4.79 Å². The normalized spacial score (nSPS) is 20.8. The number of aryl methyl sites for hydroxylation is 1. The molecule has 0 saturated carbocycles. The lowest BCUT2D eigenvalue weighted by Crippen LogP contribution is -2.23. The fourth-order valence-corrected chi connectivity index (χ4v) is 1.74. The minimum Gasteiger partial charge on any atom is -0.310 e. The number of fused-ring (bicyclic) bond motifs is 1. The first-order valence-corrected chi connectivity index (χ1v) is 4.30. The first kappa shape index (κ1) is 8.16. The molecule has 1 atom stereocenters. The predicted octanol–water partition coefficient (Wildman–Crippen LogP) is 1.23. The third kappa shape index (κ3) is 1.28. The first-order valence-electron chi connectivity index (χ1n) is 4.30. The van der Waals surface area contributed by atoms with Gasteiger partial charge >= 0.3 is 0 Å². The zero-order chi connectivity index (χ0) is 9.42. The van der Waals surface area contributed by atoms with Gasteiger partial charge in [-0.1, -0.05) is 6.92 Å². The van der Waals surface area contributed by atoms with E-state index in [2.05, 4.69) is 15.3 Å². The molecular formula is C9H11N3O. The van der Waals surface area contributed by atoms with Crippen LogP contribution >= 0.6 is 0 Å². The third-order valence-corrected chi connectivity index (χ3v) is 2.33. The molecule has 0 aromatic carbocycles. The zero-order valence-electron chi connectivity index (χ0n) is 7.66. The van der Waals surface area contributed by atoms with E-state index in [4.69, 9.17) is 0 Å². The highest BCUT2D eigenvalue weighted by molar-refractivity contribution is 5.93. The Hall–Kier alpha value is -1.45. The topological polar surface area (TPSA) is 54.9 Å². The van der Waals surface area contributed by atoms with Crippen molar-refractivity contribution >= 4 is 11.7 Å². The summed E-state index contributed by atoms with van der Waals surface area (Å²) in [4.78, 5) is 19.3. The molecule has 0 spiro atoms. The molecule has 1 amide bonds. The van der Waals surface area contributed by atoms with E-state index in [1.165, 1.54) is 6.33 Å². The lowest BCUT2D eigenvalue weighted by Gasteiger charge is -2.22. The lowest BCUT2D eigenvalue weighted by molar-refractivity contribution is -0.116. The van der Waals surface area contributed by atoms with Gasteiger partial charge in [0.25, 0.3) is 0 Å². The number of hydrogen-bond acceptors (Lipinski definition) is 3. The van der Waals surface area contributed by atoms with Gasteiger partial charge in [0.1, 0.15) is 12.1 Å². The maximum Gasteiger partial charge on any atom is 0.226 e. The van der Waals surface area contributed by atoms with Gasteiger partial charge in [0.2, 0.25) is 5.91 Å². The number of hydrogen-bond donors (Lipinski definition) is 1. The average Bonchev–Trinajstić information content (AvgIpc) is 2.02. The van der Waals surface area contributed by atoms with Gasteiger partial charge < -0.3 is 5.32 Å². The van der Waals surface area contributed by atoms with Gasteiger partial charge in [-0.2, -0.15) is 0 Å². The summed E-state index contributed by atoms with van der Waals surface area (Å²) in [6.07, 6.45) is 2.01. The summed E-state index contributed by atoms with van der Waals surface area (Å²) in [6.45, 7) is 3.96. The van der Waals surface area contributed by atoms with E-state index in [1.807, 2.05) is 13.8 Å². The van der Waals surface area contributed by atoms with Crippen molar-refractivity contribution in [1.82, 2.24) is 9.97 Å². The van der Waals surface area contributed by atoms with Crippen LogP contribution in [-0.4, -0.2) is 15.9 Å². The first-order chi connectivity index (χ1) is 6.18. The van der Waals surface area contributed by atoms with Crippen LogP contribution in [0.3, 0.4) is 0 Å². The van der Waals surface area contributed by atoms with Crippen LogP contribution in [0.1, 0.15) is 30.5 Å². The van der Waals surface area contributed by atoms with E-state index >= 15 is 0 Å². The van der Waals surface area contributed by atoms with Crippen LogP contribution < -0.4 is 5.32 Å². The molecule has 2 rings (SSSR count). The molecule has 0 radical (unpaired) electrons. The minimum absolute atomic E-state index is 0.0399. The van der Waals surface area contributed by atoms with Gasteiger partial charge in [0, 0.05) is 17.7 Å². The summed E-state index contributed by atoms with van der Waals surface area (Å²) < 4.78 is 0. The second-order valence-corrected chi connectivity index (χ2v) is 3.37. The quantitative estimate of drug-likeness (QED) is 0.648. The predicted molar refractivity (Wildman–Crippen MR) is 48.4 cm³/mol. The van der Waals surface area contributed by atoms with Crippen molar-refractivity contribution in [3.63, 3.8) is 0 Å². The van der Waals surface area contributed by atoms with E-state index in [0.29, 0.717) is 12.2 Å². The van der Waals surface area contributed by atoms with Crippen LogP contribution in [-0.2, 0) is 4.79 Å². The Labute approximate surface area is 76.4 Å². The number of anilines is 1. The molecule has 0 aliphatic carbocycles. The maximum atomic E-state index is 11.2. The highest BCUT2D eigenvalue weighted by Crippen LogP contribution is 2.31. The fraction of sp³-hybridized carbons (Fsp3) is 0.444. The zero-order valence-corrected chi connectivity index (χ0v) is 7.66. The molecule has 1 aliphatic heterocycles. The highest BCUT2D eigenvalue weighted by Gasteiger charge is 2.24. The van der Waals surface area contributed by atoms with Crippen molar-refractivity contribution in [3.05, 3.63) is 17.6 Å². The van der Waals surface area contributed by atoms with Crippen molar-refractivity contribution in [2.45, 2.75) is 26.2 Å². The molecule has 1 aromatic heterocycles. The number of nitrogens with one attached hydrogen (secondary N) is 1. The molecule has 13 heavy (non-hydrogen) atoms. The lowest BCUT2D eigenvalue weighted by atomic mass is 9.93. The van der Waals surface area contributed by atoms with Crippen LogP contribution in [0.2, 0.25) is 0 Å². The van der Waals surface area contributed by atoms with E-state index < -0.39 is 0 Å². The Balaban J connectivity index is 2.55. The maximum absolute atomic E-state index is 11.2. The van der Waals surface area contributed by atoms with Crippen molar-refractivity contribution in [2.75, 3.05) is 5.32 Å². The molecule has 0 saturated heterocycles. The second kappa shape index (κ2) is 2.80. The number of aromatic nitrogens is 2. The summed E-state index contributed by atoms with van der Waals surface area (Å²) in [5.74, 6) is 0.944. The molecule has 68 valence electrons. The van der Waals surface area contributed by atoms with Crippen molar-refractivity contribution in [1.29, 1.82) is 0 Å². The second-order valence-electron chi connectivity index (χ2n) is 3.37. The Kier molecular flexibility index (Phi) is 1.76. The molecule has 4 nitrogen and oxygen atoms in total. The van der Waals surface area contributed by atoms with Crippen LogP contribution in [0.15, 0.2) is 6.33 Å². The summed E-state index contributed by atoms with van der Waals surface area (Å²) in [5, 5.41) is 2.74.